The molecule has 0 amide bonds. The second-order valence-electron chi connectivity index (χ2n) is 5.83. The van der Waals surface area contributed by atoms with Crippen LogP contribution in [0.15, 0.2) is 54.5 Å². The molecule has 0 unspecified atom stereocenters. The number of aliphatic carboxylic acids is 1. The highest BCUT2D eigenvalue weighted by atomic mass is 16.5. The topological polar surface area (TPSA) is 64.4 Å². The first-order chi connectivity index (χ1) is 13.5. The Kier molecular flexibility index (Phi) is 2.95. The van der Waals surface area contributed by atoms with E-state index >= 15 is 0 Å². The monoisotopic (exact) mass is 329 g/mol. The Balaban J connectivity index is 2.03. The zero-order valence-electron chi connectivity index (χ0n) is 18.4. The molecule has 3 aromatic rings. The van der Waals surface area contributed by atoms with Crippen LogP contribution in [0, 0.1) is 0 Å². The number of nitrogens with zero attached hydrogens (tertiary/aromatic N) is 2. The molecule has 5 nitrogen and oxygen atoms in total. The molecule has 0 radical (unpaired) electrons. The van der Waals surface area contributed by atoms with Gasteiger partial charge < -0.3 is 9.84 Å². The van der Waals surface area contributed by atoms with Gasteiger partial charge in [0.15, 0.2) is 5.60 Å². The first kappa shape index (κ1) is 11.0. The summed E-state index contributed by atoms with van der Waals surface area (Å²) in [5, 5.41) is 14.4. The fraction of sp³-hybridized carbons (Fsp3) is 0.263. The zero-order chi connectivity index (χ0) is 21.5. The maximum atomic E-state index is 11.3. The molecule has 0 spiro atoms. The van der Waals surface area contributed by atoms with Crippen LogP contribution in [-0.4, -0.2) is 26.5 Å². The van der Waals surface area contributed by atoms with Crippen molar-refractivity contribution in [1.29, 1.82) is 0 Å². The molecule has 124 valence electrons. The second kappa shape index (κ2) is 6.45. The van der Waals surface area contributed by atoms with E-state index in [1.54, 1.807) is 12.1 Å². The molecule has 0 saturated carbocycles. The number of carboxylic acids is 1. The lowest BCUT2D eigenvalue weighted by Crippen LogP contribution is -2.34. The van der Waals surface area contributed by atoms with Crippen LogP contribution in [0.4, 0.5) is 0 Å². The van der Waals surface area contributed by atoms with E-state index in [4.69, 9.17) is 11.6 Å². The third-order valence-electron chi connectivity index (χ3n) is 3.68. The summed E-state index contributed by atoms with van der Waals surface area (Å²) in [7, 11) is 0. The number of para-hydroxylation sites is 1. The van der Waals surface area contributed by atoms with Crippen molar-refractivity contribution in [3.8, 4) is 0 Å². The number of benzene rings is 2. The molecular weight excluding hydrogens is 304 g/mol. The number of carboxylic acid groups (broad SMARTS) is 1. The Morgan fingerprint density at radius 3 is 2.71 bits per heavy atom. The molecular formula is C19H20N2O3. The molecule has 1 N–H and O–H groups in total. The zero-order valence-corrected chi connectivity index (χ0v) is 13.4. The first-order valence-corrected chi connectivity index (χ1v) is 7.42. The van der Waals surface area contributed by atoms with Crippen LogP contribution in [-0.2, 0) is 22.7 Å². The van der Waals surface area contributed by atoms with E-state index in [1.165, 1.54) is 18.5 Å². The molecule has 0 bridgehead atoms. The number of hydrogen-bond donors (Lipinski definition) is 1. The molecule has 5 heteroatoms. The highest BCUT2D eigenvalue weighted by Gasteiger charge is 2.28. The van der Waals surface area contributed by atoms with Gasteiger partial charge in [0.05, 0.1) is 31.2 Å². The van der Waals surface area contributed by atoms with Gasteiger partial charge in [-0.15, -0.1) is 0 Å². The molecule has 0 aliphatic rings. The highest BCUT2D eigenvalue weighted by molar-refractivity contribution is 5.82. The van der Waals surface area contributed by atoms with Crippen molar-refractivity contribution >= 4 is 16.9 Å². The van der Waals surface area contributed by atoms with Crippen LogP contribution < -0.4 is 0 Å². The highest BCUT2D eigenvalue weighted by Crippen LogP contribution is 2.22. The number of aromatic nitrogens is 2. The van der Waals surface area contributed by atoms with Crippen LogP contribution in [0.25, 0.3) is 10.9 Å². The number of hydrogen-bond acceptors (Lipinski definition) is 3. The summed E-state index contributed by atoms with van der Waals surface area (Å²) in [6, 6.07) is 5.42. The summed E-state index contributed by atoms with van der Waals surface area (Å²) in [4.78, 5) is 11.3. The Hall–Kier alpha value is -2.66. The summed E-state index contributed by atoms with van der Waals surface area (Å²) in [6.45, 7) is 2.81. The standard InChI is InChI=1S/C19H20N2O3/c1-19(2,18(22)23)24-13-16-15-10-6-7-11-17(15)21(20-16)12-14-8-4-3-5-9-14/h3-11H,12-13H2,1-2H3,(H,22,23)/i3D,4D,5D,8D,9D. The van der Waals surface area contributed by atoms with Crippen molar-refractivity contribution in [2.45, 2.75) is 32.6 Å². The van der Waals surface area contributed by atoms with Crippen molar-refractivity contribution in [2.75, 3.05) is 0 Å². The Bertz CT molecular complexity index is 1080. The predicted molar refractivity (Wildman–Crippen MR) is 91.8 cm³/mol. The molecule has 2 aromatic carbocycles. The van der Waals surface area contributed by atoms with E-state index in [2.05, 4.69) is 5.10 Å². The quantitative estimate of drug-likeness (QED) is 0.752. The van der Waals surface area contributed by atoms with E-state index in [9.17, 15) is 9.90 Å². The molecule has 1 heterocycles. The van der Waals surface area contributed by atoms with E-state index in [1.807, 2.05) is 12.1 Å². The average molecular weight is 329 g/mol. The Labute approximate surface area is 147 Å². The summed E-state index contributed by atoms with van der Waals surface area (Å²) in [5.41, 5.74) is -0.0754. The minimum Gasteiger partial charge on any atom is -0.479 e. The average Bonchev–Trinajstić information content (AvgIpc) is 3.04. The van der Waals surface area contributed by atoms with E-state index < -0.39 is 29.7 Å². The van der Waals surface area contributed by atoms with Crippen LogP contribution in [0.5, 0.6) is 0 Å². The minimum atomic E-state index is -1.39. The lowest BCUT2D eigenvalue weighted by molar-refractivity contribution is -0.162. The molecule has 24 heavy (non-hydrogen) atoms. The second-order valence-corrected chi connectivity index (χ2v) is 5.83. The molecule has 3 rings (SSSR count). The van der Waals surface area contributed by atoms with Gasteiger partial charge in [-0.05, 0) is 25.5 Å². The van der Waals surface area contributed by atoms with Crippen LogP contribution in [0.2, 0.25) is 0 Å². The van der Waals surface area contributed by atoms with Crippen LogP contribution >= 0.6 is 0 Å². The number of fused-ring (bicyclic) bond motifs is 1. The summed E-state index contributed by atoms with van der Waals surface area (Å²) in [5.74, 6) is -1.10. The lowest BCUT2D eigenvalue weighted by atomic mass is 10.1. The summed E-state index contributed by atoms with van der Waals surface area (Å²) in [6.07, 6.45) is 0. The SMILES string of the molecule is [2H]c1c([2H])c([2H])c(Cn2nc(COC(C)(C)C(=O)O)c3ccccc32)c([2H])c1[2H]. The van der Waals surface area contributed by atoms with Gasteiger partial charge in [0.1, 0.15) is 0 Å². The van der Waals surface area contributed by atoms with E-state index in [0.717, 1.165) is 5.39 Å². The smallest absolute Gasteiger partial charge is 0.335 e. The van der Waals surface area contributed by atoms with Crippen molar-refractivity contribution in [2.24, 2.45) is 0 Å². The van der Waals surface area contributed by atoms with Gasteiger partial charge in [-0.2, -0.15) is 5.10 Å². The normalized spacial score (nSPS) is 14.7. The lowest BCUT2D eigenvalue weighted by Gasteiger charge is -2.19. The molecule has 1 aromatic heterocycles. The van der Waals surface area contributed by atoms with Gasteiger partial charge in [0.25, 0.3) is 0 Å². The molecule has 0 aliphatic heterocycles. The van der Waals surface area contributed by atoms with Gasteiger partial charge in [0, 0.05) is 5.39 Å². The fourth-order valence-electron chi connectivity index (χ4n) is 2.24. The molecule has 0 saturated heterocycles. The molecule has 0 aliphatic carbocycles. The van der Waals surface area contributed by atoms with Crippen molar-refractivity contribution in [3.05, 3.63) is 65.7 Å². The molecule has 0 atom stereocenters. The van der Waals surface area contributed by atoms with Gasteiger partial charge in [-0.1, -0.05) is 48.4 Å². The van der Waals surface area contributed by atoms with E-state index in [-0.39, 0.29) is 30.8 Å². The number of rotatable bonds is 6. The maximum Gasteiger partial charge on any atom is 0.335 e. The van der Waals surface area contributed by atoms with Gasteiger partial charge in [-0.25, -0.2) is 4.79 Å². The third kappa shape index (κ3) is 3.31. The van der Waals surface area contributed by atoms with Crippen molar-refractivity contribution in [1.82, 2.24) is 9.78 Å². The minimum absolute atomic E-state index is 0.0292. The largest absolute Gasteiger partial charge is 0.479 e. The Morgan fingerprint density at radius 1 is 1.29 bits per heavy atom. The van der Waals surface area contributed by atoms with Gasteiger partial charge >= 0.3 is 5.97 Å². The molecule has 0 fully saturated rings. The number of ether oxygens (including phenoxy) is 1. The van der Waals surface area contributed by atoms with Gasteiger partial charge in [0.2, 0.25) is 0 Å². The Morgan fingerprint density at radius 2 is 2.00 bits per heavy atom. The van der Waals surface area contributed by atoms with Crippen molar-refractivity contribution < 1.29 is 21.5 Å². The first-order valence-electron chi connectivity index (χ1n) is 9.92. The van der Waals surface area contributed by atoms with Gasteiger partial charge in [-0.3, -0.25) is 4.68 Å². The third-order valence-corrected chi connectivity index (χ3v) is 3.68. The van der Waals surface area contributed by atoms with Crippen LogP contribution in [0.1, 0.15) is 32.0 Å². The fourth-order valence-corrected chi connectivity index (χ4v) is 2.24. The maximum absolute atomic E-state index is 11.3. The summed E-state index contributed by atoms with van der Waals surface area (Å²) >= 11 is 0. The van der Waals surface area contributed by atoms with E-state index in [0.29, 0.717) is 11.2 Å². The summed E-state index contributed by atoms with van der Waals surface area (Å²) < 4.78 is 46.6. The van der Waals surface area contributed by atoms with Crippen molar-refractivity contribution in [3.63, 3.8) is 0 Å². The predicted octanol–water partition coefficient (Wildman–Crippen LogP) is 3.46. The number of carbonyl (C=O) groups is 1. The van der Waals surface area contributed by atoms with Crippen LogP contribution in [0.3, 0.4) is 0 Å².